The smallest absolute Gasteiger partial charge is 0.318 e. The highest BCUT2D eigenvalue weighted by Crippen LogP contribution is 2.25. The number of urea groups is 1. The van der Waals surface area contributed by atoms with Gasteiger partial charge in [0.05, 0.1) is 6.54 Å². The van der Waals surface area contributed by atoms with Crippen LogP contribution in [0.5, 0.6) is 0 Å². The van der Waals surface area contributed by atoms with Gasteiger partial charge in [0, 0.05) is 42.6 Å². The van der Waals surface area contributed by atoms with Crippen LogP contribution in [0.3, 0.4) is 0 Å². The van der Waals surface area contributed by atoms with Gasteiger partial charge in [0.1, 0.15) is 6.54 Å². The van der Waals surface area contributed by atoms with Gasteiger partial charge in [-0.1, -0.05) is 79.4 Å². The molecule has 0 aliphatic heterocycles. The van der Waals surface area contributed by atoms with E-state index in [0.717, 1.165) is 47.5 Å². The van der Waals surface area contributed by atoms with Crippen molar-refractivity contribution in [3.63, 3.8) is 0 Å². The number of halogens is 1. The summed E-state index contributed by atoms with van der Waals surface area (Å²) in [5.74, 6) is -0.00546. The minimum Gasteiger partial charge on any atom is -0.345 e. The molecule has 1 N–H and O–H groups in total. The molecule has 0 unspecified atom stereocenters. The number of hydrogen-bond acceptors (Lipinski definition) is 2. The average Bonchev–Trinajstić information content (AvgIpc) is 3.37. The monoisotopic (exact) mass is 520 g/mol. The number of nitrogens with one attached hydrogen (secondary N) is 1. The Morgan fingerprint density at radius 3 is 2.43 bits per heavy atom. The predicted octanol–water partition coefficient (Wildman–Crippen LogP) is 6.08. The Labute approximate surface area is 225 Å². The van der Waals surface area contributed by atoms with Crippen LogP contribution in [0.1, 0.15) is 55.8 Å². The molecule has 6 nitrogen and oxygen atoms in total. The molecule has 0 bridgehead atoms. The first-order chi connectivity index (χ1) is 18.0. The fourth-order valence-corrected chi connectivity index (χ4v) is 5.21. The summed E-state index contributed by atoms with van der Waals surface area (Å²) in [6.07, 6.45) is 7.52. The maximum atomic E-state index is 13.7. The molecule has 0 radical (unpaired) electrons. The van der Waals surface area contributed by atoms with Crippen molar-refractivity contribution in [2.24, 2.45) is 0 Å². The zero-order valence-corrected chi connectivity index (χ0v) is 22.4. The third kappa shape index (κ3) is 7.39. The lowest BCUT2D eigenvalue weighted by Gasteiger charge is -2.36. The molecule has 1 aliphatic carbocycles. The predicted molar refractivity (Wildman–Crippen MR) is 148 cm³/mol. The van der Waals surface area contributed by atoms with Gasteiger partial charge < -0.3 is 19.7 Å². The summed E-state index contributed by atoms with van der Waals surface area (Å²) in [5, 5.41) is 3.70. The van der Waals surface area contributed by atoms with Gasteiger partial charge in [0.15, 0.2) is 0 Å². The largest absolute Gasteiger partial charge is 0.345 e. The van der Waals surface area contributed by atoms with E-state index < -0.39 is 0 Å². The number of hydrogen-bond donors (Lipinski definition) is 1. The van der Waals surface area contributed by atoms with Crippen molar-refractivity contribution in [1.29, 1.82) is 0 Å². The molecular weight excluding hydrogens is 484 g/mol. The minimum atomic E-state index is -0.217. The molecule has 1 aromatic heterocycles. The van der Waals surface area contributed by atoms with Crippen molar-refractivity contribution >= 4 is 23.5 Å². The van der Waals surface area contributed by atoms with E-state index in [2.05, 4.69) is 16.0 Å². The number of carbonyl (C=O) groups excluding carboxylic acids is 2. The second-order valence-corrected chi connectivity index (χ2v) is 10.1. The summed E-state index contributed by atoms with van der Waals surface area (Å²) in [6, 6.07) is 21.7. The fourth-order valence-electron chi connectivity index (χ4n) is 5.01. The van der Waals surface area contributed by atoms with Crippen molar-refractivity contribution in [2.75, 3.05) is 13.1 Å². The van der Waals surface area contributed by atoms with Gasteiger partial charge in [-0.2, -0.15) is 0 Å². The fraction of sp³-hybridized carbons (Fsp3) is 0.400. The van der Waals surface area contributed by atoms with Gasteiger partial charge in [0.25, 0.3) is 0 Å². The molecule has 1 saturated carbocycles. The number of likely N-dealkylation sites (N-methyl/N-ethyl adjacent to an activating group) is 1. The summed E-state index contributed by atoms with van der Waals surface area (Å²) in [4.78, 5) is 30.2. The zero-order chi connectivity index (χ0) is 26.0. The summed E-state index contributed by atoms with van der Waals surface area (Å²) >= 11 is 6.42. The first-order valence-corrected chi connectivity index (χ1v) is 13.7. The molecule has 0 spiro atoms. The van der Waals surface area contributed by atoms with Crippen molar-refractivity contribution in [1.82, 2.24) is 19.7 Å². The summed E-state index contributed by atoms with van der Waals surface area (Å²) in [7, 11) is 0. The Morgan fingerprint density at radius 1 is 0.973 bits per heavy atom. The molecule has 0 saturated heterocycles. The highest BCUT2D eigenvalue weighted by Gasteiger charge is 2.28. The van der Waals surface area contributed by atoms with E-state index in [1.54, 1.807) is 4.90 Å². The van der Waals surface area contributed by atoms with Crippen LogP contribution >= 0.6 is 11.6 Å². The second kappa shape index (κ2) is 13.3. The highest BCUT2D eigenvalue weighted by molar-refractivity contribution is 6.31. The van der Waals surface area contributed by atoms with E-state index in [-0.39, 0.29) is 24.5 Å². The minimum absolute atomic E-state index is 0.00546. The number of rotatable bonds is 10. The lowest BCUT2D eigenvalue weighted by Crippen LogP contribution is -2.49. The summed E-state index contributed by atoms with van der Waals surface area (Å²) in [5.41, 5.74) is 3.14. The van der Waals surface area contributed by atoms with E-state index in [1.807, 2.05) is 78.7 Å². The Hall–Kier alpha value is -3.25. The highest BCUT2D eigenvalue weighted by atomic mass is 35.5. The third-order valence-corrected chi connectivity index (χ3v) is 7.54. The van der Waals surface area contributed by atoms with E-state index in [9.17, 15) is 9.59 Å². The quantitative estimate of drug-likeness (QED) is 0.352. The molecule has 4 rings (SSSR count). The van der Waals surface area contributed by atoms with E-state index in [4.69, 9.17) is 11.6 Å². The Morgan fingerprint density at radius 2 is 1.70 bits per heavy atom. The van der Waals surface area contributed by atoms with Crippen LogP contribution in [0.4, 0.5) is 4.79 Å². The van der Waals surface area contributed by atoms with Crippen LogP contribution in [0, 0.1) is 0 Å². The normalized spacial score (nSPS) is 13.8. The summed E-state index contributed by atoms with van der Waals surface area (Å²) in [6.45, 7) is 4.05. The van der Waals surface area contributed by atoms with Crippen molar-refractivity contribution in [3.8, 4) is 0 Å². The standard InChI is InChI=1S/C30H37ClN4O2/c1-2-33(30(37)32-20-24-12-5-3-6-13-24)23-29(36)35(26-15-7-4-8-16-26)22-27-17-11-19-34(27)21-25-14-9-10-18-28(25)31/h3,5-6,9-14,17-19,26H,2,4,7-8,15-16,20-23H2,1H3,(H,32,37). The molecule has 37 heavy (non-hydrogen) atoms. The Kier molecular flexibility index (Phi) is 9.66. The molecule has 7 heteroatoms. The molecule has 0 atom stereocenters. The van der Waals surface area contributed by atoms with Gasteiger partial charge in [-0.15, -0.1) is 0 Å². The van der Waals surface area contributed by atoms with Crippen molar-refractivity contribution < 1.29 is 9.59 Å². The van der Waals surface area contributed by atoms with Gasteiger partial charge in [-0.3, -0.25) is 4.79 Å². The van der Waals surface area contributed by atoms with Gasteiger partial charge >= 0.3 is 6.03 Å². The van der Waals surface area contributed by atoms with Crippen molar-refractivity contribution in [2.45, 2.75) is 64.7 Å². The van der Waals surface area contributed by atoms with Gasteiger partial charge in [0.2, 0.25) is 5.91 Å². The summed E-state index contributed by atoms with van der Waals surface area (Å²) < 4.78 is 2.16. The van der Waals surface area contributed by atoms with Crippen LogP contribution in [0.15, 0.2) is 72.9 Å². The number of benzene rings is 2. The van der Waals surface area contributed by atoms with E-state index in [0.29, 0.717) is 26.2 Å². The number of nitrogens with zero attached hydrogens (tertiary/aromatic N) is 3. The van der Waals surface area contributed by atoms with Gasteiger partial charge in [-0.25, -0.2) is 4.79 Å². The van der Waals surface area contributed by atoms with Crippen LogP contribution in [-0.2, 0) is 24.4 Å². The SMILES string of the molecule is CCN(CC(=O)N(Cc1cccn1Cc1ccccc1Cl)C1CCCCC1)C(=O)NCc1ccccc1. The first-order valence-electron chi connectivity index (χ1n) is 13.3. The lowest BCUT2D eigenvalue weighted by atomic mass is 9.94. The molecule has 1 heterocycles. The number of amides is 3. The lowest BCUT2D eigenvalue weighted by molar-refractivity contribution is -0.135. The van der Waals surface area contributed by atoms with E-state index >= 15 is 0 Å². The maximum absolute atomic E-state index is 13.7. The molecule has 1 fully saturated rings. The topological polar surface area (TPSA) is 57.6 Å². The van der Waals surface area contributed by atoms with Crippen LogP contribution in [0.2, 0.25) is 5.02 Å². The Bertz CT molecular complexity index is 1160. The van der Waals surface area contributed by atoms with Crippen LogP contribution in [-0.4, -0.2) is 45.4 Å². The van der Waals surface area contributed by atoms with Crippen LogP contribution < -0.4 is 5.32 Å². The molecule has 3 amide bonds. The number of carbonyl (C=O) groups is 2. The maximum Gasteiger partial charge on any atom is 0.318 e. The van der Waals surface area contributed by atoms with Gasteiger partial charge in [-0.05, 0) is 49.1 Å². The molecule has 3 aromatic rings. The molecular formula is C30H37ClN4O2. The van der Waals surface area contributed by atoms with E-state index in [1.165, 1.54) is 6.42 Å². The molecule has 1 aliphatic rings. The van der Waals surface area contributed by atoms with Crippen LogP contribution in [0.25, 0.3) is 0 Å². The third-order valence-electron chi connectivity index (χ3n) is 7.17. The second-order valence-electron chi connectivity index (χ2n) is 9.69. The zero-order valence-electron chi connectivity index (χ0n) is 21.6. The Balaban J connectivity index is 1.46. The van der Waals surface area contributed by atoms with Crippen molar-refractivity contribution in [3.05, 3.63) is 94.8 Å². The average molecular weight is 521 g/mol. The molecule has 196 valence electrons. The number of aromatic nitrogens is 1. The molecule has 2 aromatic carbocycles. The first kappa shape index (κ1) is 26.8.